The number of aliphatic imine (C=N–C) groups is 1. The molecule has 2 nitrogen and oxygen atoms in total. The number of amidine groups is 1. The number of para-hydroxylation sites is 2. The van der Waals surface area contributed by atoms with Crippen LogP contribution in [0.2, 0.25) is 0 Å². The first-order valence-corrected chi connectivity index (χ1v) is 15.7. The van der Waals surface area contributed by atoms with Crippen molar-refractivity contribution >= 4 is 34.2 Å². The first-order valence-electron chi connectivity index (χ1n) is 9.34. The molecule has 29 heavy (non-hydrogen) atoms. The van der Waals surface area contributed by atoms with E-state index in [2.05, 4.69) is 44.9 Å². The molecule has 0 heterocycles. The molecule has 1 aliphatic carbocycles. The Bertz CT molecular complexity index is 665. The van der Waals surface area contributed by atoms with E-state index in [0.29, 0.717) is 0 Å². The standard InChI is InChI=1S/C14H13N2.C10H15.2ClH.Zr/c1-12(15-13-8-4-2-5-9-13)16-14-10-6-3-7-11-14;1-6-7(2)9(4)10(5)8(6)3;;;/h2-11H,1H3;1-5H3;2*1H;/q-1;;;;+4/p-2. The molecule has 2 aromatic rings. The number of hydrogen-bond donors (Lipinski definition) is 0. The van der Waals surface area contributed by atoms with Crippen molar-refractivity contribution in [3.8, 4) is 0 Å². The summed E-state index contributed by atoms with van der Waals surface area (Å²) in [5.41, 5.74) is 1.86. The Kier molecular flexibility index (Phi) is 13.1. The van der Waals surface area contributed by atoms with Gasteiger partial charge < -0.3 is 10.3 Å². The Balaban J connectivity index is 0.000000277. The summed E-state index contributed by atoms with van der Waals surface area (Å²) >= 11 is -0.826. The maximum atomic E-state index is 4.93. The van der Waals surface area contributed by atoms with Crippen LogP contribution in [0.25, 0.3) is 5.32 Å². The van der Waals surface area contributed by atoms with Crippen LogP contribution in [0.15, 0.2) is 65.7 Å². The average molecular weight is 507 g/mol. The third kappa shape index (κ3) is 9.37. The molecule has 0 unspecified atom stereocenters. The summed E-state index contributed by atoms with van der Waals surface area (Å²) < 4.78 is 0. The Morgan fingerprint density at radius 3 is 1.41 bits per heavy atom. The predicted octanol–water partition coefficient (Wildman–Crippen LogP) is 8.79. The summed E-state index contributed by atoms with van der Waals surface area (Å²) in [7, 11) is 9.87. The van der Waals surface area contributed by atoms with Gasteiger partial charge in [0.05, 0.1) is 0 Å². The number of halogens is 2. The summed E-state index contributed by atoms with van der Waals surface area (Å²) in [6.07, 6.45) is 0. The molecule has 3 rings (SSSR count). The molecule has 0 saturated heterocycles. The first kappa shape index (κ1) is 26.4. The number of hydrogen-bond acceptors (Lipinski definition) is 1. The van der Waals surface area contributed by atoms with E-state index in [4.69, 9.17) is 17.0 Å². The van der Waals surface area contributed by atoms with Gasteiger partial charge in [0.2, 0.25) is 0 Å². The summed E-state index contributed by atoms with van der Waals surface area (Å²) in [6, 6.07) is 19.7. The van der Waals surface area contributed by atoms with E-state index in [0.717, 1.165) is 17.2 Å². The zero-order chi connectivity index (χ0) is 21.8. The molecule has 1 saturated carbocycles. The van der Waals surface area contributed by atoms with Gasteiger partial charge in [-0.25, -0.2) is 0 Å². The molecule has 151 valence electrons. The van der Waals surface area contributed by atoms with Gasteiger partial charge in [-0.05, 0) is 47.9 Å². The summed E-state index contributed by atoms with van der Waals surface area (Å²) in [6.45, 7) is 12.9. The predicted molar refractivity (Wildman–Crippen MR) is 125 cm³/mol. The van der Waals surface area contributed by atoms with Gasteiger partial charge in [-0.1, -0.05) is 101 Å². The molecule has 1 fully saturated rings. The van der Waals surface area contributed by atoms with Crippen molar-refractivity contribution in [1.82, 2.24) is 0 Å². The second-order valence-corrected chi connectivity index (χ2v) is 10.4. The fraction of sp³-hybridized carbons (Fsp3) is 0.250. The van der Waals surface area contributed by atoms with E-state index in [1.807, 2.05) is 67.6 Å². The maximum absolute atomic E-state index is 4.93. The first-order chi connectivity index (χ1) is 13.8. The Hall–Kier alpha value is -0.627. The van der Waals surface area contributed by atoms with Crippen molar-refractivity contribution in [2.24, 2.45) is 4.99 Å². The van der Waals surface area contributed by atoms with Crippen LogP contribution >= 0.6 is 17.0 Å². The van der Waals surface area contributed by atoms with Gasteiger partial charge in [-0.2, -0.15) is 0 Å². The van der Waals surface area contributed by atoms with Crippen molar-refractivity contribution in [3.63, 3.8) is 0 Å². The number of nitrogens with zero attached hydrogens (tertiary/aromatic N) is 2. The fourth-order valence-electron chi connectivity index (χ4n) is 2.81. The molecule has 0 amide bonds. The molecule has 2 aromatic carbocycles. The van der Waals surface area contributed by atoms with Gasteiger partial charge in [-0.3, -0.25) is 0 Å². The van der Waals surface area contributed by atoms with E-state index in [9.17, 15) is 0 Å². The third-order valence-electron chi connectivity index (χ3n) is 4.91. The molecule has 1 aliphatic rings. The van der Waals surface area contributed by atoms with E-state index in [1.54, 1.807) is 0 Å². The fourth-order valence-corrected chi connectivity index (χ4v) is 2.81. The summed E-state index contributed by atoms with van der Waals surface area (Å²) in [5, 5.41) is 4.40. The molecule has 0 N–H and O–H groups in total. The minimum absolute atomic E-state index is 0.761. The van der Waals surface area contributed by atoms with Gasteiger partial charge in [0.15, 0.2) is 0 Å². The van der Waals surface area contributed by atoms with Gasteiger partial charge in [0.1, 0.15) is 0 Å². The Labute approximate surface area is 196 Å². The molecule has 5 heteroatoms. The van der Waals surface area contributed by atoms with Gasteiger partial charge in [0, 0.05) is 0 Å². The van der Waals surface area contributed by atoms with E-state index in [-0.39, 0.29) is 0 Å². The van der Waals surface area contributed by atoms with Crippen molar-refractivity contribution in [3.05, 3.63) is 95.6 Å². The van der Waals surface area contributed by atoms with Crippen molar-refractivity contribution in [1.29, 1.82) is 0 Å². The van der Waals surface area contributed by atoms with Crippen LogP contribution in [0.4, 0.5) is 11.4 Å². The molecule has 5 radical (unpaired) electrons. The van der Waals surface area contributed by atoms with E-state index < -0.39 is 20.8 Å². The molecule has 0 aliphatic heterocycles. The number of rotatable bonds is 2. The topological polar surface area (TPSA) is 26.5 Å². The van der Waals surface area contributed by atoms with Crippen LogP contribution in [0.5, 0.6) is 0 Å². The van der Waals surface area contributed by atoms with Crippen molar-refractivity contribution < 1.29 is 20.8 Å². The Morgan fingerprint density at radius 2 is 1.03 bits per heavy atom. The molecular weight excluding hydrogens is 478 g/mol. The molecule has 0 spiro atoms. The van der Waals surface area contributed by atoms with E-state index in [1.165, 1.54) is 29.6 Å². The zero-order valence-corrected chi connectivity index (χ0v) is 21.9. The zero-order valence-electron chi connectivity index (χ0n) is 17.9. The molecular formula is C24H28Cl2N2Zr+. The molecule has 0 aromatic heterocycles. The van der Waals surface area contributed by atoms with Crippen LogP contribution < -0.4 is 0 Å². The van der Waals surface area contributed by atoms with Crippen LogP contribution in [-0.4, -0.2) is 5.84 Å². The third-order valence-corrected chi connectivity index (χ3v) is 4.91. The van der Waals surface area contributed by atoms with E-state index >= 15 is 0 Å². The van der Waals surface area contributed by atoms with Crippen molar-refractivity contribution in [2.75, 3.05) is 0 Å². The van der Waals surface area contributed by atoms with Crippen LogP contribution in [0.3, 0.4) is 0 Å². The van der Waals surface area contributed by atoms with Gasteiger partial charge in [-0.15, -0.1) is 0 Å². The average Bonchev–Trinajstić information content (AvgIpc) is 2.88. The molecule has 0 atom stereocenters. The minimum atomic E-state index is -0.826. The van der Waals surface area contributed by atoms with Crippen LogP contribution in [0, 0.1) is 29.6 Å². The molecule has 0 bridgehead atoms. The van der Waals surface area contributed by atoms with Crippen LogP contribution in [-0.2, 0) is 20.8 Å². The quantitative estimate of drug-likeness (QED) is 0.287. The second-order valence-electron chi connectivity index (χ2n) is 6.64. The summed E-state index contributed by atoms with van der Waals surface area (Å²) in [5.74, 6) is 8.10. The van der Waals surface area contributed by atoms with Gasteiger partial charge >= 0.3 is 37.9 Å². The van der Waals surface area contributed by atoms with Crippen LogP contribution in [0.1, 0.15) is 41.5 Å². The normalized spacial score (nSPS) is 16.3. The SMILES string of the molecule is CC(=Nc1ccccc1)[N-]c1ccccc1.C[C]1[C](C)[C](C)[C](C)[C]1C.[Cl][Zr+2][Cl]. The van der Waals surface area contributed by atoms with Gasteiger partial charge in [0.25, 0.3) is 0 Å². The number of benzene rings is 2. The second kappa shape index (κ2) is 14.4. The monoisotopic (exact) mass is 504 g/mol. The Morgan fingerprint density at radius 1 is 0.690 bits per heavy atom. The van der Waals surface area contributed by atoms with Crippen molar-refractivity contribution in [2.45, 2.75) is 41.5 Å². The summed E-state index contributed by atoms with van der Waals surface area (Å²) in [4.78, 5) is 4.40.